The molecule has 0 fully saturated rings. The number of nitrogens with one attached hydrogen (secondary N) is 1. The molecule has 0 aliphatic rings. The molecule has 0 bridgehead atoms. The molecule has 0 saturated carbocycles. The third kappa shape index (κ3) is 7.81. The molecule has 1 N–H and O–H groups in total. The number of nitrogens with zero attached hydrogens (tertiary/aromatic N) is 1. The van der Waals surface area contributed by atoms with Crippen LogP contribution in [0, 0.1) is 11.3 Å². The van der Waals surface area contributed by atoms with Crippen LogP contribution >= 0.6 is 0 Å². The molecule has 4 heteroatoms. The van der Waals surface area contributed by atoms with E-state index in [2.05, 4.69) is 11.6 Å². The van der Waals surface area contributed by atoms with Gasteiger partial charge in [-0.2, -0.15) is 0 Å². The summed E-state index contributed by atoms with van der Waals surface area (Å²) in [4.78, 5) is 4.26. The lowest BCUT2D eigenvalue weighted by molar-refractivity contribution is 0.0399. The van der Waals surface area contributed by atoms with Crippen LogP contribution in [-0.4, -0.2) is 30.9 Å². The van der Waals surface area contributed by atoms with Gasteiger partial charge in [-0.25, -0.2) is 0 Å². The molecular formula is C17H30N2O2. The number of allylic oxidation sites excluding steroid dienone is 2. The van der Waals surface area contributed by atoms with Crippen molar-refractivity contribution in [3.8, 4) is 0 Å². The smallest absolute Gasteiger partial charge is 0.137 e. The van der Waals surface area contributed by atoms with Crippen molar-refractivity contribution in [3.63, 3.8) is 0 Å². The van der Waals surface area contributed by atoms with Crippen LogP contribution in [0.25, 0.3) is 0 Å². The lowest BCUT2D eigenvalue weighted by atomic mass is 9.99. The first-order valence-electron chi connectivity index (χ1n) is 7.29. The molecule has 0 amide bonds. The predicted molar refractivity (Wildman–Crippen MR) is 90.2 cm³/mol. The van der Waals surface area contributed by atoms with E-state index in [4.69, 9.17) is 14.9 Å². The summed E-state index contributed by atoms with van der Waals surface area (Å²) in [5.41, 5.74) is 1.76. The molecule has 120 valence electrons. The number of aliphatic imine (C=N–C) groups is 1. The van der Waals surface area contributed by atoms with E-state index in [1.54, 1.807) is 13.2 Å². The van der Waals surface area contributed by atoms with Crippen molar-refractivity contribution < 1.29 is 9.47 Å². The number of rotatable bonds is 8. The third-order valence-electron chi connectivity index (χ3n) is 2.91. The number of hydrogen-bond acceptors (Lipinski definition) is 4. The highest BCUT2D eigenvalue weighted by atomic mass is 16.5. The van der Waals surface area contributed by atoms with Crippen molar-refractivity contribution in [2.24, 2.45) is 10.9 Å². The molecule has 0 rings (SSSR count). The highest BCUT2D eigenvalue weighted by Gasteiger charge is 2.20. The largest absolute Gasteiger partial charge is 0.492 e. The molecule has 0 aliphatic carbocycles. The Balaban J connectivity index is 5.39. The Morgan fingerprint density at radius 2 is 1.95 bits per heavy atom. The molecule has 0 saturated heterocycles. The highest BCUT2D eigenvalue weighted by molar-refractivity contribution is 6.45. The van der Waals surface area contributed by atoms with Crippen molar-refractivity contribution in [2.45, 2.75) is 53.6 Å². The summed E-state index contributed by atoms with van der Waals surface area (Å²) in [6.07, 6.45) is 2.44. The van der Waals surface area contributed by atoms with Gasteiger partial charge in [0.15, 0.2) is 0 Å². The Morgan fingerprint density at radius 3 is 2.33 bits per heavy atom. The summed E-state index contributed by atoms with van der Waals surface area (Å²) in [6, 6.07) is 0. The molecule has 4 nitrogen and oxygen atoms in total. The normalized spacial score (nSPS) is 14.8. The van der Waals surface area contributed by atoms with Gasteiger partial charge in [-0.15, -0.1) is 0 Å². The minimum absolute atomic E-state index is 0.0603. The van der Waals surface area contributed by atoms with Crippen LogP contribution in [-0.2, 0) is 9.47 Å². The molecule has 0 spiro atoms. The second-order valence-electron chi connectivity index (χ2n) is 6.12. The van der Waals surface area contributed by atoms with Gasteiger partial charge < -0.3 is 9.47 Å². The van der Waals surface area contributed by atoms with Crippen LogP contribution in [0.1, 0.15) is 48.0 Å². The zero-order valence-corrected chi connectivity index (χ0v) is 14.5. The minimum Gasteiger partial charge on any atom is -0.492 e. The SMILES string of the molecule is C=C(C)C(C)/C(=C\C(=N)/C(CC)=N\COC)OC(C)(C)C. The molecule has 0 aromatic heterocycles. The van der Waals surface area contributed by atoms with Gasteiger partial charge >= 0.3 is 0 Å². The van der Waals surface area contributed by atoms with Crippen LogP contribution in [0.2, 0.25) is 0 Å². The van der Waals surface area contributed by atoms with Crippen LogP contribution < -0.4 is 0 Å². The van der Waals surface area contributed by atoms with Crippen LogP contribution in [0.15, 0.2) is 29.0 Å². The first-order chi connectivity index (χ1) is 9.62. The Labute approximate surface area is 129 Å². The fraction of sp³-hybridized carbons (Fsp3) is 0.647. The van der Waals surface area contributed by atoms with Crippen LogP contribution in [0.4, 0.5) is 0 Å². The summed E-state index contributed by atoms with van der Waals surface area (Å²) in [7, 11) is 1.59. The molecule has 0 heterocycles. The van der Waals surface area contributed by atoms with Crippen molar-refractivity contribution in [2.75, 3.05) is 13.8 Å². The maximum atomic E-state index is 8.22. The van der Waals surface area contributed by atoms with E-state index < -0.39 is 0 Å². The van der Waals surface area contributed by atoms with E-state index in [1.807, 2.05) is 41.5 Å². The molecule has 21 heavy (non-hydrogen) atoms. The Hall–Kier alpha value is -1.42. The number of methoxy groups -OCH3 is 1. The Bertz CT molecular complexity index is 429. The summed E-state index contributed by atoms with van der Waals surface area (Å²) in [5.74, 6) is 0.809. The van der Waals surface area contributed by atoms with E-state index in [0.29, 0.717) is 17.8 Å². The molecule has 0 aliphatic heterocycles. The quantitative estimate of drug-likeness (QED) is 0.410. The van der Waals surface area contributed by atoms with E-state index in [1.165, 1.54) is 0 Å². The van der Waals surface area contributed by atoms with Crippen molar-refractivity contribution in [1.82, 2.24) is 0 Å². The second kappa shape index (κ2) is 8.78. The Kier molecular flexibility index (Phi) is 8.18. The zero-order valence-electron chi connectivity index (χ0n) is 14.5. The predicted octanol–water partition coefficient (Wildman–Crippen LogP) is 4.37. The van der Waals surface area contributed by atoms with Gasteiger partial charge in [-0.3, -0.25) is 10.4 Å². The third-order valence-corrected chi connectivity index (χ3v) is 2.91. The maximum absolute atomic E-state index is 8.22. The molecule has 1 unspecified atom stereocenters. The van der Waals surface area contributed by atoms with E-state index >= 15 is 0 Å². The fourth-order valence-electron chi connectivity index (χ4n) is 1.59. The van der Waals surface area contributed by atoms with Gasteiger partial charge in [0.1, 0.15) is 18.1 Å². The molecule has 0 radical (unpaired) electrons. The Morgan fingerprint density at radius 1 is 1.38 bits per heavy atom. The fourth-order valence-corrected chi connectivity index (χ4v) is 1.59. The zero-order chi connectivity index (χ0) is 16.6. The minimum atomic E-state index is -0.314. The molecule has 0 aromatic rings. The first-order valence-corrected chi connectivity index (χ1v) is 7.29. The van der Waals surface area contributed by atoms with Gasteiger partial charge in [0.25, 0.3) is 0 Å². The average Bonchev–Trinajstić information content (AvgIpc) is 2.36. The maximum Gasteiger partial charge on any atom is 0.137 e. The standard InChI is InChI=1S/C17H30N2O2/c1-9-15(19-11-20-8)14(18)10-16(13(4)12(2)3)21-17(5,6)7/h10,13,18H,2,9,11H2,1,3-8H3/b16-10+,18-14?,19-15-. The molecule has 0 aromatic carbocycles. The first kappa shape index (κ1) is 19.6. The van der Waals surface area contributed by atoms with Crippen molar-refractivity contribution in [1.29, 1.82) is 5.41 Å². The summed E-state index contributed by atoms with van der Waals surface area (Å²) in [6.45, 7) is 16.2. The summed E-state index contributed by atoms with van der Waals surface area (Å²) in [5, 5.41) is 8.22. The van der Waals surface area contributed by atoms with Crippen molar-refractivity contribution in [3.05, 3.63) is 24.0 Å². The lowest BCUT2D eigenvalue weighted by Crippen LogP contribution is -2.23. The van der Waals surface area contributed by atoms with Gasteiger partial charge in [-0.1, -0.05) is 26.0 Å². The van der Waals surface area contributed by atoms with Gasteiger partial charge in [-0.05, 0) is 34.1 Å². The van der Waals surface area contributed by atoms with E-state index in [0.717, 1.165) is 11.3 Å². The van der Waals surface area contributed by atoms with E-state index in [9.17, 15) is 0 Å². The van der Waals surface area contributed by atoms with Crippen LogP contribution in [0.5, 0.6) is 0 Å². The highest BCUT2D eigenvalue weighted by Crippen LogP contribution is 2.24. The van der Waals surface area contributed by atoms with Gasteiger partial charge in [0.05, 0.1) is 11.4 Å². The lowest BCUT2D eigenvalue weighted by Gasteiger charge is -2.27. The second-order valence-corrected chi connectivity index (χ2v) is 6.12. The van der Waals surface area contributed by atoms with E-state index in [-0.39, 0.29) is 18.2 Å². The summed E-state index contributed by atoms with van der Waals surface area (Å²) < 4.78 is 10.9. The van der Waals surface area contributed by atoms with Gasteiger partial charge in [0, 0.05) is 19.1 Å². The molecular weight excluding hydrogens is 264 g/mol. The van der Waals surface area contributed by atoms with Crippen LogP contribution in [0.3, 0.4) is 0 Å². The topological polar surface area (TPSA) is 54.7 Å². The number of hydrogen-bond donors (Lipinski definition) is 1. The number of ether oxygens (including phenoxy) is 2. The van der Waals surface area contributed by atoms with Gasteiger partial charge in [0.2, 0.25) is 0 Å². The monoisotopic (exact) mass is 294 g/mol. The average molecular weight is 294 g/mol. The van der Waals surface area contributed by atoms with Crippen molar-refractivity contribution >= 4 is 11.4 Å². The summed E-state index contributed by atoms with van der Waals surface area (Å²) >= 11 is 0. The molecule has 1 atom stereocenters.